The third kappa shape index (κ3) is 5.83. The minimum Gasteiger partial charge on any atom is -0.338 e. The minimum atomic E-state index is -5.05. The Labute approximate surface area is 203 Å². The molecule has 2 N–H and O–H groups in total. The van der Waals surface area contributed by atoms with Gasteiger partial charge in [-0.05, 0) is 61.7 Å². The molecule has 3 atom stereocenters. The van der Waals surface area contributed by atoms with Gasteiger partial charge in [-0.2, -0.15) is 26.3 Å². The maximum Gasteiger partial charge on any atom is 0.416 e. The molecule has 1 amide bonds. The van der Waals surface area contributed by atoms with Gasteiger partial charge in [0.25, 0.3) is 5.91 Å². The number of hydrogen-bond donors (Lipinski definition) is 1. The summed E-state index contributed by atoms with van der Waals surface area (Å²) in [5, 5.41) is 0. The van der Waals surface area contributed by atoms with E-state index in [4.69, 9.17) is 5.73 Å². The number of halogens is 7. The van der Waals surface area contributed by atoms with Crippen LogP contribution in [0.5, 0.6) is 0 Å². The van der Waals surface area contributed by atoms with Gasteiger partial charge < -0.3 is 10.6 Å². The molecule has 0 spiro atoms. The van der Waals surface area contributed by atoms with Crippen LogP contribution in [0.25, 0.3) is 0 Å². The molecule has 11 heteroatoms. The van der Waals surface area contributed by atoms with E-state index >= 15 is 0 Å². The first-order valence-electron chi connectivity index (χ1n) is 11.7. The quantitative estimate of drug-likeness (QED) is 0.564. The predicted molar refractivity (Wildman–Crippen MR) is 119 cm³/mol. The molecule has 0 saturated carbocycles. The summed E-state index contributed by atoms with van der Waals surface area (Å²) in [6.45, 7) is 1.65. The van der Waals surface area contributed by atoms with Crippen LogP contribution in [0.4, 0.5) is 30.7 Å². The fourth-order valence-electron chi connectivity index (χ4n) is 5.20. The van der Waals surface area contributed by atoms with Crippen molar-refractivity contribution in [1.82, 2.24) is 9.80 Å². The molecule has 0 aliphatic carbocycles. The lowest BCUT2D eigenvalue weighted by Crippen LogP contribution is -2.55. The van der Waals surface area contributed by atoms with Crippen LogP contribution >= 0.6 is 0 Å². The van der Waals surface area contributed by atoms with Crippen LogP contribution in [-0.4, -0.2) is 54.0 Å². The molecule has 2 saturated heterocycles. The zero-order chi connectivity index (χ0) is 26.3. The molecule has 2 aromatic rings. The molecular formula is C25H26F7N3O. The number of nitrogens with two attached hydrogens (primary N) is 1. The van der Waals surface area contributed by atoms with Gasteiger partial charge >= 0.3 is 12.4 Å². The normalized spacial score (nSPS) is 24.1. The van der Waals surface area contributed by atoms with Crippen LogP contribution in [-0.2, 0) is 12.4 Å². The Bertz CT molecular complexity index is 1050. The van der Waals surface area contributed by atoms with Crippen molar-refractivity contribution >= 4 is 5.91 Å². The molecule has 3 unspecified atom stereocenters. The monoisotopic (exact) mass is 517 g/mol. The highest BCUT2D eigenvalue weighted by Gasteiger charge is 2.40. The van der Waals surface area contributed by atoms with E-state index < -0.39 is 40.8 Å². The largest absolute Gasteiger partial charge is 0.416 e. The fourth-order valence-corrected chi connectivity index (χ4v) is 5.20. The number of piperidine rings is 2. The summed E-state index contributed by atoms with van der Waals surface area (Å²) in [4.78, 5) is 16.7. The summed E-state index contributed by atoms with van der Waals surface area (Å²) in [5.41, 5.74) is 3.14. The number of carbonyl (C=O) groups excluding carboxylic acids is 1. The third-order valence-electron chi connectivity index (χ3n) is 6.95. The maximum atomic E-state index is 13.6. The molecule has 4 rings (SSSR count). The summed E-state index contributed by atoms with van der Waals surface area (Å²) in [6, 6.07) is 6.61. The molecule has 2 fully saturated rings. The fraction of sp³-hybridized carbons (Fsp3) is 0.480. The van der Waals surface area contributed by atoms with Crippen LogP contribution in [0.15, 0.2) is 42.5 Å². The first-order valence-corrected chi connectivity index (χ1v) is 11.7. The van der Waals surface area contributed by atoms with Crippen molar-refractivity contribution in [3.63, 3.8) is 0 Å². The number of benzene rings is 2. The van der Waals surface area contributed by atoms with Gasteiger partial charge in [0.1, 0.15) is 5.82 Å². The number of nitrogens with zero attached hydrogens (tertiary/aromatic N) is 2. The molecule has 0 aromatic heterocycles. The Hall–Kier alpha value is -2.66. The highest BCUT2D eigenvalue weighted by molar-refractivity contribution is 5.95. The molecule has 0 bridgehead atoms. The zero-order valence-corrected chi connectivity index (χ0v) is 19.2. The minimum absolute atomic E-state index is 0.00390. The first-order chi connectivity index (χ1) is 16.8. The number of carbonyl (C=O) groups is 1. The van der Waals surface area contributed by atoms with Gasteiger partial charge in [0.15, 0.2) is 0 Å². The van der Waals surface area contributed by atoms with Crippen molar-refractivity contribution in [3.05, 3.63) is 70.5 Å². The van der Waals surface area contributed by atoms with Crippen molar-refractivity contribution < 1.29 is 35.5 Å². The zero-order valence-electron chi connectivity index (χ0n) is 19.2. The Morgan fingerprint density at radius 3 is 2.03 bits per heavy atom. The highest BCUT2D eigenvalue weighted by Crippen LogP contribution is 2.38. The van der Waals surface area contributed by atoms with Crippen LogP contribution in [0.3, 0.4) is 0 Å². The lowest BCUT2D eigenvalue weighted by Gasteiger charge is -2.46. The van der Waals surface area contributed by atoms with Crippen LogP contribution in [0.1, 0.15) is 52.2 Å². The Morgan fingerprint density at radius 1 is 0.861 bits per heavy atom. The highest BCUT2D eigenvalue weighted by atomic mass is 19.4. The van der Waals surface area contributed by atoms with E-state index in [0.717, 1.165) is 24.9 Å². The lowest BCUT2D eigenvalue weighted by atomic mass is 9.83. The molecule has 4 nitrogen and oxygen atoms in total. The van der Waals surface area contributed by atoms with Gasteiger partial charge in [-0.1, -0.05) is 12.1 Å². The smallest absolute Gasteiger partial charge is 0.338 e. The SMILES string of the molecule is NC1CCCN(C2CCN(C(=O)c3cc(C(F)(F)F)cc(C(F)(F)F)c3)CC2c2ccc(F)cc2)C1. The molecular weight excluding hydrogens is 491 g/mol. The first kappa shape index (κ1) is 26.4. The van der Waals surface area contributed by atoms with E-state index in [2.05, 4.69) is 4.90 Å². The molecule has 2 heterocycles. The van der Waals surface area contributed by atoms with Crippen LogP contribution in [0, 0.1) is 5.82 Å². The predicted octanol–water partition coefficient (Wildman–Crippen LogP) is 5.28. The van der Waals surface area contributed by atoms with E-state index in [9.17, 15) is 35.5 Å². The Morgan fingerprint density at radius 2 is 1.47 bits per heavy atom. The molecule has 196 valence electrons. The van der Waals surface area contributed by atoms with Gasteiger partial charge in [-0.3, -0.25) is 9.69 Å². The van der Waals surface area contributed by atoms with Gasteiger partial charge in [-0.25, -0.2) is 4.39 Å². The van der Waals surface area contributed by atoms with Gasteiger partial charge in [-0.15, -0.1) is 0 Å². The summed E-state index contributed by atoms with van der Waals surface area (Å²) >= 11 is 0. The summed E-state index contributed by atoms with van der Waals surface area (Å²) in [6.07, 6.45) is -7.88. The molecule has 36 heavy (non-hydrogen) atoms. The van der Waals surface area contributed by atoms with E-state index in [1.807, 2.05) is 0 Å². The van der Waals surface area contributed by atoms with Gasteiger partial charge in [0.2, 0.25) is 0 Å². The number of amides is 1. The second kappa shape index (κ2) is 10.0. The maximum absolute atomic E-state index is 13.6. The van der Waals surface area contributed by atoms with Crippen LogP contribution in [0.2, 0.25) is 0 Å². The number of hydrogen-bond acceptors (Lipinski definition) is 3. The van der Waals surface area contributed by atoms with Crippen molar-refractivity contribution in [1.29, 1.82) is 0 Å². The average molecular weight is 517 g/mol. The van der Waals surface area contributed by atoms with E-state index in [1.54, 1.807) is 12.1 Å². The number of rotatable bonds is 3. The molecule has 0 radical (unpaired) electrons. The van der Waals surface area contributed by atoms with Gasteiger partial charge in [0.05, 0.1) is 11.1 Å². The average Bonchev–Trinajstić information content (AvgIpc) is 2.82. The van der Waals surface area contributed by atoms with Crippen LogP contribution < -0.4 is 5.73 Å². The van der Waals surface area contributed by atoms with Gasteiger partial charge in [0, 0.05) is 43.2 Å². The van der Waals surface area contributed by atoms with E-state index in [1.165, 1.54) is 17.0 Å². The molecule has 2 aliphatic heterocycles. The summed E-state index contributed by atoms with van der Waals surface area (Å²) < 4.78 is 93.4. The topological polar surface area (TPSA) is 49.6 Å². The lowest BCUT2D eigenvalue weighted by molar-refractivity contribution is -0.143. The van der Waals surface area contributed by atoms with E-state index in [0.29, 0.717) is 25.1 Å². The number of likely N-dealkylation sites (tertiary alicyclic amines) is 2. The molecule has 2 aliphatic rings. The van der Waals surface area contributed by atoms with Crippen molar-refractivity contribution in [2.24, 2.45) is 5.73 Å². The molecule has 2 aromatic carbocycles. The third-order valence-corrected chi connectivity index (χ3v) is 6.95. The van der Waals surface area contributed by atoms with Crippen molar-refractivity contribution in [3.8, 4) is 0 Å². The second-order valence-electron chi connectivity index (χ2n) is 9.46. The standard InChI is InChI=1S/C25H26F7N3O/c26-19-5-3-15(4-6-19)21-14-35(9-7-22(21)34-8-1-2-20(33)13-34)23(36)16-10-17(24(27,28)29)12-18(11-16)25(30,31)32/h3-6,10-12,20-22H,1-2,7-9,13-14,33H2. The van der Waals surface area contributed by atoms with Crippen molar-refractivity contribution in [2.45, 2.75) is 49.6 Å². The summed E-state index contributed by atoms with van der Waals surface area (Å²) in [5.74, 6) is -1.67. The Kier molecular flexibility index (Phi) is 7.34. The Balaban J connectivity index is 1.65. The number of alkyl halides is 6. The van der Waals surface area contributed by atoms with Crippen molar-refractivity contribution in [2.75, 3.05) is 26.2 Å². The second-order valence-corrected chi connectivity index (χ2v) is 9.46. The summed E-state index contributed by atoms with van der Waals surface area (Å²) in [7, 11) is 0. The van der Waals surface area contributed by atoms with E-state index in [-0.39, 0.29) is 37.2 Å².